The lowest BCUT2D eigenvalue weighted by Gasteiger charge is -2.09. The van der Waals surface area contributed by atoms with Gasteiger partial charge in [-0.1, -0.05) is 0 Å². The molecule has 0 saturated carbocycles. The van der Waals surface area contributed by atoms with E-state index in [0.29, 0.717) is 10.2 Å². The van der Waals surface area contributed by atoms with Crippen LogP contribution >= 0.6 is 15.9 Å². The number of pyridine rings is 1. The van der Waals surface area contributed by atoms with Gasteiger partial charge in [0.05, 0.1) is 18.4 Å². The number of nitrogens with zero attached hydrogens (tertiary/aromatic N) is 2. The Morgan fingerprint density at radius 3 is 2.95 bits per heavy atom. The SMILES string of the molecule is O=C(Nc1cncc(Br)c1)c1cccn1CC(F)F. The van der Waals surface area contributed by atoms with E-state index in [0.717, 1.165) is 0 Å². The average Bonchev–Trinajstić information content (AvgIpc) is 2.76. The fourth-order valence-corrected chi connectivity index (χ4v) is 1.97. The minimum absolute atomic E-state index is 0.181. The van der Waals surface area contributed by atoms with Crippen molar-refractivity contribution in [1.82, 2.24) is 9.55 Å². The van der Waals surface area contributed by atoms with Gasteiger partial charge in [-0.25, -0.2) is 8.78 Å². The smallest absolute Gasteiger partial charge is 0.272 e. The number of nitrogens with one attached hydrogen (secondary N) is 1. The highest BCUT2D eigenvalue weighted by molar-refractivity contribution is 9.10. The molecule has 1 N–H and O–H groups in total. The highest BCUT2D eigenvalue weighted by atomic mass is 79.9. The molecule has 0 radical (unpaired) electrons. The number of carbonyl (C=O) groups excluding carboxylic acids is 1. The van der Waals surface area contributed by atoms with Crippen LogP contribution in [0.5, 0.6) is 0 Å². The third-order valence-electron chi connectivity index (χ3n) is 2.36. The van der Waals surface area contributed by atoms with E-state index in [4.69, 9.17) is 0 Å². The van der Waals surface area contributed by atoms with Gasteiger partial charge in [0.15, 0.2) is 0 Å². The zero-order valence-corrected chi connectivity index (χ0v) is 11.3. The Balaban J connectivity index is 2.14. The molecular formula is C12H10BrF2N3O. The molecule has 0 saturated heterocycles. The van der Waals surface area contributed by atoms with Gasteiger partial charge in [-0.2, -0.15) is 0 Å². The van der Waals surface area contributed by atoms with Crippen LogP contribution in [-0.4, -0.2) is 21.9 Å². The van der Waals surface area contributed by atoms with Crippen LogP contribution in [0.1, 0.15) is 10.5 Å². The minimum atomic E-state index is -2.51. The summed E-state index contributed by atoms with van der Waals surface area (Å²) in [5.74, 6) is -0.453. The minimum Gasteiger partial charge on any atom is -0.338 e. The van der Waals surface area contributed by atoms with Crippen LogP contribution in [0.2, 0.25) is 0 Å². The molecule has 0 aliphatic heterocycles. The van der Waals surface area contributed by atoms with Crippen molar-refractivity contribution in [2.24, 2.45) is 0 Å². The van der Waals surface area contributed by atoms with Gasteiger partial charge in [-0.15, -0.1) is 0 Å². The quantitative estimate of drug-likeness (QED) is 0.936. The Labute approximate surface area is 116 Å². The average molecular weight is 330 g/mol. The van der Waals surface area contributed by atoms with Crippen LogP contribution in [-0.2, 0) is 6.54 Å². The third kappa shape index (κ3) is 3.60. The Bertz CT molecular complexity index is 586. The Hall–Kier alpha value is -1.76. The topological polar surface area (TPSA) is 46.9 Å². The van der Waals surface area contributed by atoms with E-state index in [9.17, 15) is 13.6 Å². The fraction of sp³-hybridized carbons (Fsp3) is 0.167. The Kier molecular flexibility index (Phi) is 4.26. The van der Waals surface area contributed by atoms with Crippen LogP contribution in [0.25, 0.3) is 0 Å². The van der Waals surface area contributed by atoms with Gasteiger partial charge >= 0.3 is 0 Å². The molecular weight excluding hydrogens is 320 g/mol. The summed E-state index contributed by atoms with van der Waals surface area (Å²) >= 11 is 3.23. The van der Waals surface area contributed by atoms with Crippen molar-refractivity contribution in [1.29, 1.82) is 0 Å². The molecule has 2 aromatic heterocycles. The largest absolute Gasteiger partial charge is 0.338 e. The van der Waals surface area contributed by atoms with E-state index < -0.39 is 18.9 Å². The summed E-state index contributed by atoms with van der Waals surface area (Å²) in [6.45, 7) is -0.507. The van der Waals surface area contributed by atoms with Gasteiger partial charge in [0.2, 0.25) is 0 Å². The molecule has 0 fully saturated rings. The molecule has 2 rings (SSSR count). The van der Waals surface area contributed by atoms with Gasteiger partial charge in [-0.05, 0) is 34.1 Å². The molecule has 4 nitrogen and oxygen atoms in total. The molecule has 0 aliphatic carbocycles. The molecule has 100 valence electrons. The first kappa shape index (κ1) is 13.7. The van der Waals surface area contributed by atoms with Crippen molar-refractivity contribution in [2.75, 3.05) is 5.32 Å². The van der Waals surface area contributed by atoms with Crippen molar-refractivity contribution >= 4 is 27.5 Å². The highest BCUT2D eigenvalue weighted by Gasteiger charge is 2.14. The van der Waals surface area contributed by atoms with E-state index in [1.165, 1.54) is 23.0 Å². The second-order valence-corrected chi connectivity index (χ2v) is 4.70. The van der Waals surface area contributed by atoms with Gasteiger partial charge in [-0.3, -0.25) is 9.78 Å². The molecule has 0 spiro atoms. The highest BCUT2D eigenvalue weighted by Crippen LogP contribution is 2.15. The van der Waals surface area contributed by atoms with Crippen molar-refractivity contribution in [3.63, 3.8) is 0 Å². The van der Waals surface area contributed by atoms with Gasteiger partial charge < -0.3 is 9.88 Å². The summed E-state index contributed by atoms with van der Waals surface area (Å²) in [7, 11) is 0. The maximum atomic E-state index is 12.4. The number of halogens is 3. The number of rotatable bonds is 4. The standard InChI is InChI=1S/C12H10BrF2N3O/c13-8-4-9(6-16-5-8)17-12(19)10-2-1-3-18(10)7-11(14)15/h1-6,11H,7H2,(H,17,19). The lowest BCUT2D eigenvalue weighted by Crippen LogP contribution is -2.18. The van der Waals surface area contributed by atoms with E-state index in [1.807, 2.05) is 0 Å². The number of anilines is 1. The van der Waals surface area contributed by atoms with Gasteiger partial charge in [0.1, 0.15) is 5.69 Å². The summed E-state index contributed by atoms with van der Waals surface area (Å²) in [6.07, 6.45) is 1.99. The number of carbonyl (C=O) groups is 1. The molecule has 0 aliphatic rings. The fourth-order valence-electron chi connectivity index (χ4n) is 1.60. The first-order valence-corrected chi connectivity index (χ1v) is 6.21. The Morgan fingerprint density at radius 1 is 1.47 bits per heavy atom. The van der Waals surface area contributed by atoms with E-state index in [-0.39, 0.29) is 5.69 Å². The van der Waals surface area contributed by atoms with Gasteiger partial charge in [0.25, 0.3) is 12.3 Å². The third-order valence-corrected chi connectivity index (χ3v) is 2.79. The van der Waals surface area contributed by atoms with E-state index in [2.05, 4.69) is 26.2 Å². The second-order valence-electron chi connectivity index (χ2n) is 3.78. The number of alkyl halides is 2. The number of aromatic nitrogens is 2. The zero-order chi connectivity index (χ0) is 13.8. The summed E-state index contributed by atoms with van der Waals surface area (Å²) in [5.41, 5.74) is 0.671. The summed E-state index contributed by atoms with van der Waals surface area (Å²) in [6, 6.07) is 4.71. The Morgan fingerprint density at radius 2 is 2.26 bits per heavy atom. The number of hydrogen-bond acceptors (Lipinski definition) is 2. The van der Waals surface area contributed by atoms with Crippen LogP contribution in [0, 0.1) is 0 Å². The summed E-state index contributed by atoms with van der Waals surface area (Å²) in [5, 5.41) is 2.60. The zero-order valence-electron chi connectivity index (χ0n) is 9.69. The second kappa shape index (κ2) is 5.92. The molecule has 0 bridgehead atoms. The van der Waals surface area contributed by atoms with Crippen LogP contribution < -0.4 is 5.32 Å². The maximum Gasteiger partial charge on any atom is 0.272 e. The van der Waals surface area contributed by atoms with Crippen molar-refractivity contribution in [3.8, 4) is 0 Å². The number of amides is 1. The van der Waals surface area contributed by atoms with Crippen molar-refractivity contribution in [2.45, 2.75) is 13.0 Å². The van der Waals surface area contributed by atoms with E-state index in [1.54, 1.807) is 18.3 Å². The predicted octanol–water partition coefficient (Wildman–Crippen LogP) is 3.16. The predicted molar refractivity (Wildman–Crippen MR) is 70.3 cm³/mol. The maximum absolute atomic E-state index is 12.4. The molecule has 2 heterocycles. The first-order valence-electron chi connectivity index (χ1n) is 5.41. The molecule has 2 aromatic rings. The number of hydrogen-bond donors (Lipinski definition) is 1. The first-order chi connectivity index (χ1) is 9.06. The van der Waals surface area contributed by atoms with Gasteiger partial charge in [0, 0.05) is 16.9 Å². The van der Waals surface area contributed by atoms with Crippen LogP contribution in [0.15, 0.2) is 41.3 Å². The van der Waals surface area contributed by atoms with Crippen molar-refractivity contribution in [3.05, 3.63) is 47.0 Å². The molecule has 19 heavy (non-hydrogen) atoms. The van der Waals surface area contributed by atoms with Crippen LogP contribution in [0.3, 0.4) is 0 Å². The monoisotopic (exact) mass is 329 g/mol. The molecule has 0 aromatic carbocycles. The summed E-state index contributed by atoms with van der Waals surface area (Å²) < 4.78 is 26.6. The summed E-state index contributed by atoms with van der Waals surface area (Å²) in [4.78, 5) is 15.9. The normalized spacial score (nSPS) is 10.7. The molecule has 0 atom stereocenters. The van der Waals surface area contributed by atoms with Crippen LogP contribution in [0.4, 0.5) is 14.5 Å². The molecule has 1 amide bonds. The van der Waals surface area contributed by atoms with E-state index >= 15 is 0 Å². The van der Waals surface area contributed by atoms with Crippen molar-refractivity contribution < 1.29 is 13.6 Å². The lowest BCUT2D eigenvalue weighted by molar-refractivity contribution is 0.0997. The lowest BCUT2D eigenvalue weighted by atomic mass is 10.3. The molecule has 0 unspecified atom stereocenters. The molecule has 7 heteroatoms.